The minimum atomic E-state index is -1.03. The van der Waals surface area contributed by atoms with Gasteiger partial charge in [0.05, 0.1) is 5.56 Å². The number of nitrogens with two attached hydrogens (primary N) is 1. The molecule has 1 aromatic carbocycles. The first-order chi connectivity index (χ1) is 8.04. The predicted molar refractivity (Wildman–Crippen MR) is 59.7 cm³/mol. The summed E-state index contributed by atoms with van der Waals surface area (Å²) < 4.78 is 13.2. The molecule has 0 bridgehead atoms. The molecule has 0 unspecified atom stereocenters. The van der Waals surface area contributed by atoms with E-state index in [1.165, 1.54) is 12.1 Å². The monoisotopic (exact) mass is 236 g/mol. The maximum atomic E-state index is 13.2. The van der Waals surface area contributed by atoms with Crippen LogP contribution >= 0.6 is 0 Å². The zero-order valence-corrected chi connectivity index (χ0v) is 9.19. The number of nitrogens with zero attached hydrogens (tertiary/aromatic N) is 1. The Labute approximate surface area is 98.5 Å². The highest BCUT2D eigenvalue weighted by atomic mass is 19.1. The third-order valence-electron chi connectivity index (χ3n) is 2.45. The van der Waals surface area contributed by atoms with Gasteiger partial charge in [-0.2, -0.15) is 5.26 Å². The predicted octanol–water partition coefficient (Wildman–Crippen LogP) is 1.43. The number of hydrogen-bond acceptors (Lipinski definition) is 3. The van der Waals surface area contributed by atoms with Crippen LogP contribution in [0.2, 0.25) is 0 Å². The number of hydrogen-bond donors (Lipinski definition) is 2. The second-order valence-corrected chi connectivity index (χ2v) is 3.76. The van der Waals surface area contributed by atoms with Crippen LogP contribution in [0.5, 0.6) is 0 Å². The SMILES string of the molecule is N#Cc1ccc(CCC[C@H](N)C(=O)O)cc1F. The van der Waals surface area contributed by atoms with Crippen LogP contribution in [0.3, 0.4) is 0 Å². The molecule has 1 atom stereocenters. The molecule has 1 aromatic rings. The number of benzene rings is 1. The fourth-order valence-corrected chi connectivity index (χ4v) is 1.45. The van der Waals surface area contributed by atoms with E-state index < -0.39 is 17.8 Å². The zero-order chi connectivity index (χ0) is 12.8. The molecular formula is C12H13FN2O2. The van der Waals surface area contributed by atoms with Crippen molar-refractivity contribution in [2.75, 3.05) is 0 Å². The van der Waals surface area contributed by atoms with E-state index in [0.29, 0.717) is 19.3 Å². The maximum absolute atomic E-state index is 13.2. The summed E-state index contributed by atoms with van der Waals surface area (Å²) in [7, 11) is 0. The topological polar surface area (TPSA) is 87.1 Å². The van der Waals surface area contributed by atoms with Crippen molar-refractivity contribution >= 4 is 5.97 Å². The highest BCUT2D eigenvalue weighted by molar-refractivity contribution is 5.72. The molecule has 5 heteroatoms. The lowest BCUT2D eigenvalue weighted by atomic mass is 10.0. The Kier molecular flexibility index (Phi) is 4.61. The van der Waals surface area contributed by atoms with Gasteiger partial charge in [-0.15, -0.1) is 0 Å². The number of carboxylic acid groups (broad SMARTS) is 1. The zero-order valence-electron chi connectivity index (χ0n) is 9.19. The Bertz CT molecular complexity index is 454. The summed E-state index contributed by atoms with van der Waals surface area (Å²) in [4.78, 5) is 10.5. The summed E-state index contributed by atoms with van der Waals surface area (Å²) in [6, 6.07) is 5.24. The Balaban J connectivity index is 2.51. The smallest absolute Gasteiger partial charge is 0.320 e. The lowest BCUT2D eigenvalue weighted by molar-refractivity contribution is -0.138. The van der Waals surface area contributed by atoms with Crippen molar-refractivity contribution in [1.82, 2.24) is 0 Å². The minimum Gasteiger partial charge on any atom is -0.480 e. The lowest BCUT2D eigenvalue weighted by Crippen LogP contribution is -2.29. The van der Waals surface area contributed by atoms with Crippen LogP contribution in [-0.2, 0) is 11.2 Å². The van der Waals surface area contributed by atoms with Gasteiger partial charge in [0, 0.05) is 0 Å². The summed E-state index contributed by atoms with van der Waals surface area (Å²) >= 11 is 0. The summed E-state index contributed by atoms with van der Waals surface area (Å²) in [5, 5.41) is 17.1. The van der Waals surface area contributed by atoms with E-state index in [1.807, 2.05) is 0 Å². The van der Waals surface area contributed by atoms with Crippen LogP contribution in [0, 0.1) is 17.1 Å². The fraction of sp³-hybridized carbons (Fsp3) is 0.333. The number of aliphatic carboxylic acids is 1. The van der Waals surface area contributed by atoms with Gasteiger partial charge >= 0.3 is 5.97 Å². The van der Waals surface area contributed by atoms with Gasteiger partial charge in [0.1, 0.15) is 17.9 Å². The number of carbonyl (C=O) groups is 1. The van der Waals surface area contributed by atoms with Crippen molar-refractivity contribution in [3.05, 3.63) is 35.1 Å². The number of rotatable bonds is 5. The highest BCUT2D eigenvalue weighted by Gasteiger charge is 2.10. The summed E-state index contributed by atoms with van der Waals surface area (Å²) in [5.74, 6) is -1.58. The van der Waals surface area contributed by atoms with Gasteiger partial charge in [-0.3, -0.25) is 4.79 Å². The first-order valence-electron chi connectivity index (χ1n) is 5.21. The van der Waals surface area contributed by atoms with Gasteiger partial charge in [0.15, 0.2) is 0 Å². The van der Waals surface area contributed by atoms with Gasteiger partial charge in [-0.05, 0) is 37.0 Å². The second kappa shape index (κ2) is 5.97. The molecule has 0 saturated carbocycles. The molecule has 0 aliphatic carbocycles. The molecule has 0 aromatic heterocycles. The van der Waals surface area contributed by atoms with E-state index in [-0.39, 0.29) is 5.56 Å². The van der Waals surface area contributed by atoms with Crippen molar-refractivity contribution in [2.24, 2.45) is 5.73 Å². The molecule has 0 aliphatic rings. The molecule has 4 nitrogen and oxygen atoms in total. The van der Waals surface area contributed by atoms with Crippen LogP contribution in [-0.4, -0.2) is 17.1 Å². The molecule has 0 spiro atoms. The summed E-state index contributed by atoms with van der Waals surface area (Å²) in [6.07, 6.45) is 1.46. The minimum absolute atomic E-state index is 0.0102. The van der Waals surface area contributed by atoms with Gasteiger partial charge in [-0.1, -0.05) is 6.07 Å². The molecule has 3 N–H and O–H groups in total. The Morgan fingerprint density at radius 2 is 2.29 bits per heavy atom. The van der Waals surface area contributed by atoms with Crippen molar-refractivity contribution in [2.45, 2.75) is 25.3 Å². The molecule has 0 radical (unpaired) electrons. The molecule has 0 amide bonds. The average Bonchev–Trinajstić information content (AvgIpc) is 2.29. The van der Waals surface area contributed by atoms with Crippen molar-refractivity contribution < 1.29 is 14.3 Å². The molecule has 90 valence electrons. The highest BCUT2D eigenvalue weighted by Crippen LogP contribution is 2.12. The van der Waals surface area contributed by atoms with Gasteiger partial charge in [-0.25, -0.2) is 4.39 Å². The van der Waals surface area contributed by atoms with Crippen LogP contribution in [0.4, 0.5) is 4.39 Å². The Morgan fingerprint density at radius 3 is 2.82 bits per heavy atom. The van der Waals surface area contributed by atoms with Crippen molar-refractivity contribution in [1.29, 1.82) is 5.26 Å². The molecule has 0 aliphatic heterocycles. The van der Waals surface area contributed by atoms with Crippen LogP contribution in [0.15, 0.2) is 18.2 Å². The number of aryl methyl sites for hydroxylation is 1. The molecule has 0 saturated heterocycles. The van der Waals surface area contributed by atoms with Crippen molar-refractivity contribution in [3.63, 3.8) is 0 Å². The fourth-order valence-electron chi connectivity index (χ4n) is 1.45. The average molecular weight is 236 g/mol. The van der Waals surface area contributed by atoms with E-state index in [1.54, 1.807) is 12.1 Å². The van der Waals surface area contributed by atoms with Gasteiger partial charge in [0.25, 0.3) is 0 Å². The van der Waals surface area contributed by atoms with Crippen LogP contribution in [0.25, 0.3) is 0 Å². The maximum Gasteiger partial charge on any atom is 0.320 e. The Hall–Kier alpha value is -1.93. The largest absolute Gasteiger partial charge is 0.480 e. The van der Waals surface area contributed by atoms with E-state index >= 15 is 0 Å². The van der Waals surface area contributed by atoms with E-state index in [2.05, 4.69) is 0 Å². The molecule has 1 rings (SSSR count). The van der Waals surface area contributed by atoms with Gasteiger partial charge in [0.2, 0.25) is 0 Å². The molecule has 0 fully saturated rings. The molecule has 0 heterocycles. The van der Waals surface area contributed by atoms with Crippen molar-refractivity contribution in [3.8, 4) is 6.07 Å². The Morgan fingerprint density at radius 1 is 1.59 bits per heavy atom. The molecular weight excluding hydrogens is 223 g/mol. The third kappa shape index (κ3) is 3.85. The normalized spacial score (nSPS) is 11.8. The molecule has 17 heavy (non-hydrogen) atoms. The van der Waals surface area contributed by atoms with E-state index in [0.717, 1.165) is 5.56 Å². The first kappa shape index (κ1) is 13.1. The standard InChI is InChI=1S/C12H13FN2O2/c13-10-6-8(4-5-9(10)7-14)2-1-3-11(15)12(16)17/h4-6,11H,1-3,15H2,(H,16,17)/t11-/m0/s1. The van der Waals surface area contributed by atoms with Crippen LogP contribution < -0.4 is 5.73 Å². The number of nitriles is 1. The number of halogens is 1. The van der Waals surface area contributed by atoms with Crippen LogP contribution in [0.1, 0.15) is 24.0 Å². The van der Waals surface area contributed by atoms with E-state index in [4.69, 9.17) is 16.1 Å². The summed E-state index contributed by atoms with van der Waals surface area (Å²) in [6.45, 7) is 0. The van der Waals surface area contributed by atoms with Gasteiger partial charge < -0.3 is 10.8 Å². The lowest BCUT2D eigenvalue weighted by Gasteiger charge is -2.06. The first-order valence-corrected chi connectivity index (χ1v) is 5.21. The number of carboxylic acids is 1. The third-order valence-corrected chi connectivity index (χ3v) is 2.45. The van der Waals surface area contributed by atoms with E-state index in [9.17, 15) is 9.18 Å². The quantitative estimate of drug-likeness (QED) is 0.809. The second-order valence-electron chi connectivity index (χ2n) is 3.76. The summed E-state index contributed by atoms with van der Waals surface area (Å²) in [5.41, 5.74) is 6.08.